The Kier molecular flexibility index (Phi) is 11.7. The van der Waals surface area contributed by atoms with Crippen molar-refractivity contribution in [2.75, 3.05) is 6.61 Å². The highest BCUT2D eigenvalue weighted by atomic mass is 79.9. The third-order valence-electron chi connectivity index (χ3n) is 7.17. The molecule has 1 N–H and O–H groups in total. The Labute approximate surface area is 250 Å². The molecule has 0 heterocycles. The summed E-state index contributed by atoms with van der Waals surface area (Å²) in [4.78, 5) is 0. The number of unbranched alkanes of at least 4 members (excludes halogenated alkanes) is 7. The highest BCUT2D eigenvalue weighted by Crippen LogP contribution is 2.44. The van der Waals surface area contributed by atoms with Crippen molar-refractivity contribution in [3.05, 3.63) is 99.4 Å². The standard InChI is InChI=1S/C35H38Br2O2/c1-2-3-4-5-6-7-8-12-23-39-30-21-17-27(18-22-30)32-24-31(26-15-19-29(36)20-16-26)34(33(25-38)35(32)37)28-13-10-9-11-14-28/h9-11,13-22,24,38H,2-8,12,23,25H2,1H3. The van der Waals surface area contributed by atoms with Gasteiger partial charge in [0.05, 0.1) is 13.2 Å². The second kappa shape index (κ2) is 15.4. The molecule has 204 valence electrons. The molecule has 4 heteroatoms. The minimum Gasteiger partial charge on any atom is -0.494 e. The molecule has 0 saturated heterocycles. The molecule has 0 aliphatic rings. The first-order chi connectivity index (χ1) is 19.1. The highest BCUT2D eigenvalue weighted by Gasteiger charge is 2.19. The first kappa shape index (κ1) is 29.6. The van der Waals surface area contributed by atoms with Gasteiger partial charge in [-0.3, -0.25) is 0 Å². The minimum absolute atomic E-state index is 0.0675. The van der Waals surface area contributed by atoms with Gasteiger partial charge >= 0.3 is 0 Å². The van der Waals surface area contributed by atoms with Crippen LogP contribution in [0.1, 0.15) is 63.9 Å². The van der Waals surface area contributed by atoms with E-state index in [4.69, 9.17) is 4.74 Å². The molecule has 0 bridgehead atoms. The Morgan fingerprint density at radius 3 is 1.87 bits per heavy atom. The van der Waals surface area contributed by atoms with Crippen LogP contribution in [0.25, 0.3) is 33.4 Å². The summed E-state index contributed by atoms with van der Waals surface area (Å²) in [5, 5.41) is 10.5. The zero-order chi connectivity index (χ0) is 27.5. The van der Waals surface area contributed by atoms with Gasteiger partial charge in [0, 0.05) is 14.5 Å². The summed E-state index contributed by atoms with van der Waals surface area (Å²) in [5.74, 6) is 0.897. The lowest BCUT2D eigenvalue weighted by Crippen LogP contribution is -1.99. The van der Waals surface area contributed by atoms with Crippen molar-refractivity contribution in [2.24, 2.45) is 0 Å². The lowest BCUT2D eigenvalue weighted by atomic mass is 9.87. The summed E-state index contributed by atoms with van der Waals surface area (Å²) in [6.45, 7) is 2.95. The van der Waals surface area contributed by atoms with Gasteiger partial charge in [-0.05, 0) is 86.1 Å². The molecular formula is C35H38Br2O2. The molecule has 0 aliphatic heterocycles. The third-order valence-corrected chi connectivity index (χ3v) is 8.60. The number of hydrogen-bond donors (Lipinski definition) is 1. The molecule has 4 rings (SSSR count). The van der Waals surface area contributed by atoms with Gasteiger partial charge in [0.2, 0.25) is 0 Å². The summed E-state index contributed by atoms with van der Waals surface area (Å²) < 4.78 is 7.99. The Balaban J connectivity index is 1.54. The number of aliphatic hydroxyl groups is 1. The Morgan fingerprint density at radius 2 is 1.23 bits per heavy atom. The normalized spacial score (nSPS) is 11.1. The fraction of sp³-hybridized carbons (Fsp3) is 0.314. The predicted octanol–water partition coefficient (Wildman–Crippen LogP) is 11.2. The van der Waals surface area contributed by atoms with Crippen molar-refractivity contribution in [3.8, 4) is 39.1 Å². The predicted molar refractivity (Wildman–Crippen MR) is 172 cm³/mol. The zero-order valence-electron chi connectivity index (χ0n) is 22.8. The van der Waals surface area contributed by atoms with Crippen LogP contribution in [0.15, 0.2) is 93.9 Å². The molecule has 0 fully saturated rings. The van der Waals surface area contributed by atoms with E-state index in [0.717, 1.165) is 66.7 Å². The fourth-order valence-corrected chi connectivity index (χ4v) is 5.95. The Morgan fingerprint density at radius 1 is 0.641 bits per heavy atom. The quantitative estimate of drug-likeness (QED) is 0.138. The second-order valence-electron chi connectivity index (χ2n) is 10.0. The number of hydrogen-bond acceptors (Lipinski definition) is 2. The number of halogens is 2. The van der Waals surface area contributed by atoms with E-state index < -0.39 is 0 Å². The van der Waals surface area contributed by atoms with Crippen molar-refractivity contribution in [3.63, 3.8) is 0 Å². The molecular weight excluding hydrogens is 612 g/mol. The van der Waals surface area contributed by atoms with Gasteiger partial charge in [-0.1, -0.05) is 122 Å². The molecule has 2 nitrogen and oxygen atoms in total. The van der Waals surface area contributed by atoms with Gasteiger partial charge in [0.1, 0.15) is 5.75 Å². The molecule has 0 aromatic heterocycles. The summed E-state index contributed by atoms with van der Waals surface area (Å²) in [6, 6.07) is 29.2. The molecule has 0 amide bonds. The zero-order valence-corrected chi connectivity index (χ0v) is 25.9. The molecule has 0 aliphatic carbocycles. The third kappa shape index (κ3) is 8.06. The van der Waals surface area contributed by atoms with E-state index in [1.165, 1.54) is 44.9 Å². The van der Waals surface area contributed by atoms with E-state index in [1.807, 2.05) is 18.2 Å². The molecule has 0 atom stereocenters. The van der Waals surface area contributed by atoms with E-state index in [9.17, 15) is 5.11 Å². The van der Waals surface area contributed by atoms with Crippen LogP contribution in [-0.4, -0.2) is 11.7 Å². The van der Waals surface area contributed by atoms with Crippen molar-refractivity contribution >= 4 is 31.9 Å². The van der Waals surface area contributed by atoms with Crippen molar-refractivity contribution in [1.82, 2.24) is 0 Å². The van der Waals surface area contributed by atoms with Gasteiger partial charge in [-0.25, -0.2) is 0 Å². The smallest absolute Gasteiger partial charge is 0.119 e. The van der Waals surface area contributed by atoms with Crippen LogP contribution in [0.4, 0.5) is 0 Å². The first-order valence-electron chi connectivity index (χ1n) is 14.1. The summed E-state index contributed by atoms with van der Waals surface area (Å²) >= 11 is 7.41. The van der Waals surface area contributed by atoms with E-state index >= 15 is 0 Å². The van der Waals surface area contributed by atoms with Crippen molar-refractivity contribution in [1.29, 1.82) is 0 Å². The van der Waals surface area contributed by atoms with Crippen molar-refractivity contribution in [2.45, 2.75) is 64.9 Å². The maximum Gasteiger partial charge on any atom is 0.119 e. The Bertz CT molecular complexity index is 1300. The van der Waals surface area contributed by atoms with E-state index in [0.29, 0.717) is 0 Å². The lowest BCUT2D eigenvalue weighted by Gasteiger charge is -2.20. The van der Waals surface area contributed by atoms with Crippen LogP contribution < -0.4 is 4.74 Å². The molecule has 0 saturated carbocycles. The summed E-state index contributed by atoms with van der Waals surface area (Å²) in [5.41, 5.74) is 7.32. The summed E-state index contributed by atoms with van der Waals surface area (Å²) in [7, 11) is 0. The number of ether oxygens (including phenoxy) is 1. The monoisotopic (exact) mass is 648 g/mol. The lowest BCUT2D eigenvalue weighted by molar-refractivity contribution is 0.281. The van der Waals surface area contributed by atoms with Crippen LogP contribution >= 0.6 is 31.9 Å². The highest BCUT2D eigenvalue weighted by molar-refractivity contribution is 9.10. The average molecular weight is 650 g/mol. The number of benzene rings is 4. The molecule has 0 radical (unpaired) electrons. The van der Waals surface area contributed by atoms with Crippen LogP contribution in [0.3, 0.4) is 0 Å². The molecule has 4 aromatic rings. The van der Waals surface area contributed by atoms with Gasteiger partial charge in [-0.2, -0.15) is 0 Å². The van der Waals surface area contributed by atoms with Gasteiger partial charge in [0.25, 0.3) is 0 Å². The van der Waals surface area contributed by atoms with Crippen LogP contribution in [0.2, 0.25) is 0 Å². The Hall–Kier alpha value is -2.40. The van der Waals surface area contributed by atoms with E-state index in [2.05, 4.69) is 106 Å². The number of aliphatic hydroxyl groups excluding tert-OH is 1. The molecule has 4 aromatic carbocycles. The second-order valence-corrected chi connectivity index (χ2v) is 11.7. The number of rotatable bonds is 14. The SMILES string of the molecule is CCCCCCCCCCOc1ccc(-c2cc(-c3ccc(Br)cc3)c(-c3ccccc3)c(CO)c2Br)cc1. The maximum absolute atomic E-state index is 10.5. The van der Waals surface area contributed by atoms with Crippen LogP contribution in [0.5, 0.6) is 5.75 Å². The van der Waals surface area contributed by atoms with Gasteiger partial charge in [0.15, 0.2) is 0 Å². The minimum atomic E-state index is -0.0675. The summed E-state index contributed by atoms with van der Waals surface area (Å²) in [6.07, 6.45) is 10.4. The topological polar surface area (TPSA) is 29.5 Å². The largest absolute Gasteiger partial charge is 0.494 e. The van der Waals surface area contributed by atoms with Crippen molar-refractivity contribution < 1.29 is 9.84 Å². The van der Waals surface area contributed by atoms with Gasteiger partial charge in [-0.15, -0.1) is 0 Å². The molecule has 0 unspecified atom stereocenters. The van der Waals surface area contributed by atoms with Crippen LogP contribution in [-0.2, 0) is 6.61 Å². The maximum atomic E-state index is 10.5. The molecule has 39 heavy (non-hydrogen) atoms. The van der Waals surface area contributed by atoms with E-state index in [-0.39, 0.29) is 6.61 Å². The van der Waals surface area contributed by atoms with Gasteiger partial charge < -0.3 is 9.84 Å². The fourth-order valence-electron chi connectivity index (χ4n) is 5.02. The van der Waals surface area contributed by atoms with E-state index in [1.54, 1.807) is 0 Å². The average Bonchev–Trinajstić information content (AvgIpc) is 2.97. The van der Waals surface area contributed by atoms with Crippen LogP contribution in [0, 0.1) is 0 Å². The first-order valence-corrected chi connectivity index (χ1v) is 15.7. The molecule has 0 spiro atoms.